The Balaban J connectivity index is 1.48. The average Bonchev–Trinajstić information content (AvgIpc) is 3.08. The summed E-state index contributed by atoms with van der Waals surface area (Å²) in [5.41, 5.74) is 1.38. The SMILES string of the molecule is CCC1CCCCN1CCNC(=O)c1ccc(N2CCOC2=O)cc1. The highest BCUT2D eigenvalue weighted by atomic mass is 16.6. The molecule has 2 saturated heterocycles. The van der Waals surface area contributed by atoms with E-state index < -0.39 is 0 Å². The number of rotatable bonds is 6. The summed E-state index contributed by atoms with van der Waals surface area (Å²) in [6.45, 7) is 5.90. The van der Waals surface area contributed by atoms with Crippen molar-refractivity contribution in [3.8, 4) is 0 Å². The van der Waals surface area contributed by atoms with Crippen LogP contribution in [0.4, 0.5) is 10.5 Å². The van der Waals surface area contributed by atoms with Gasteiger partial charge in [0, 0.05) is 30.4 Å². The second kappa shape index (κ2) is 8.34. The zero-order chi connectivity index (χ0) is 17.6. The minimum absolute atomic E-state index is 0.0689. The summed E-state index contributed by atoms with van der Waals surface area (Å²) in [7, 11) is 0. The van der Waals surface area contributed by atoms with Crippen LogP contribution in [0.5, 0.6) is 0 Å². The Morgan fingerprint density at radius 2 is 2.04 bits per heavy atom. The third-order valence-electron chi connectivity index (χ3n) is 5.11. The molecule has 0 saturated carbocycles. The largest absolute Gasteiger partial charge is 0.447 e. The fourth-order valence-corrected chi connectivity index (χ4v) is 3.65. The molecule has 1 atom stereocenters. The Morgan fingerprint density at radius 1 is 1.24 bits per heavy atom. The number of ether oxygens (including phenoxy) is 1. The molecule has 25 heavy (non-hydrogen) atoms. The van der Waals surface area contributed by atoms with Crippen LogP contribution in [0.15, 0.2) is 24.3 Å². The molecular formula is C19H27N3O3. The van der Waals surface area contributed by atoms with E-state index >= 15 is 0 Å². The van der Waals surface area contributed by atoms with Crippen molar-refractivity contribution in [1.82, 2.24) is 10.2 Å². The third-order valence-corrected chi connectivity index (χ3v) is 5.11. The number of likely N-dealkylation sites (tertiary alicyclic amines) is 1. The second-order valence-corrected chi connectivity index (χ2v) is 6.66. The van der Waals surface area contributed by atoms with Crippen LogP contribution in [-0.2, 0) is 4.74 Å². The number of cyclic esters (lactones) is 1. The molecule has 1 aromatic rings. The van der Waals surface area contributed by atoms with E-state index in [2.05, 4.69) is 17.1 Å². The maximum atomic E-state index is 12.3. The molecule has 2 amide bonds. The molecule has 0 aliphatic carbocycles. The van der Waals surface area contributed by atoms with E-state index in [1.807, 2.05) is 0 Å². The predicted molar refractivity (Wildman–Crippen MR) is 97.0 cm³/mol. The van der Waals surface area contributed by atoms with Crippen molar-refractivity contribution in [2.75, 3.05) is 37.7 Å². The van der Waals surface area contributed by atoms with Crippen LogP contribution in [0.1, 0.15) is 43.0 Å². The molecule has 0 radical (unpaired) electrons. The Kier molecular flexibility index (Phi) is 5.91. The molecule has 2 aliphatic heterocycles. The minimum Gasteiger partial charge on any atom is -0.447 e. The summed E-state index contributed by atoms with van der Waals surface area (Å²) < 4.78 is 4.93. The van der Waals surface area contributed by atoms with E-state index in [4.69, 9.17) is 4.74 Å². The van der Waals surface area contributed by atoms with Gasteiger partial charge in [0.2, 0.25) is 0 Å². The number of nitrogens with zero attached hydrogens (tertiary/aromatic N) is 2. The number of hydrogen-bond donors (Lipinski definition) is 1. The number of carbonyl (C=O) groups is 2. The van der Waals surface area contributed by atoms with Crippen LogP contribution in [0, 0.1) is 0 Å². The van der Waals surface area contributed by atoms with Gasteiger partial charge in [0.1, 0.15) is 6.61 Å². The lowest BCUT2D eigenvalue weighted by Gasteiger charge is -2.35. The van der Waals surface area contributed by atoms with E-state index in [1.54, 1.807) is 29.2 Å². The lowest BCUT2D eigenvalue weighted by atomic mass is 10.0. The fraction of sp³-hybridized carbons (Fsp3) is 0.579. The standard InChI is InChI=1S/C19H27N3O3/c1-2-16-5-3-4-11-21(16)12-10-20-18(23)15-6-8-17(9-7-15)22-13-14-25-19(22)24/h6-9,16H,2-5,10-14H2,1H3,(H,20,23). The van der Waals surface area contributed by atoms with E-state index in [-0.39, 0.29) is 12.0 Å². The van der Waals surface area contributed by atoms with Crippen LogP contribution in [0.25, 0.3) is 0 Å². The van der Waals surface area contributed by atoms with Crippen LogP contribution in [0.3, 0.4) is 0 Å². The summed E-state index contributed by atoms with van der Waals surface area (Å²) in [5.74, 6) is -0.0689. The molecule has 0 spiro atoms. The van der Waals surface area contributed by atoms with Crippen molar-refractivity contribution < 1.29 is 14.3 Å². The molecule has 2 fully saturated rings. The van der Waals surface area contributed by atoms with Gasteiger partial charge in [0.05, 0.1) is 6.54 Å². The topological polar surface area (TPSA) is 61.9 Å². The quantitative estimate of drug-likeness (QED) is 0.861. The molecule has 0 aromatic heterocycles. The summed E-state index contributed by atoms with van der Waals surface area (Å²) in [5, 5.41) is 3.00. The monoisotopic (exact) mass is 345 g/mol. The van der Waals surface area contributed by atoms with Crippen molar-refractivity contribution in [2.24, 2.45) is 0 Å². The van der Waals surface area contributed by atoms with E-state index in [9.17, 15) is 9.59 Å². The summed E-state index contributed by atoms with van der Waals surface area (Å²) >= 11 is 0. The highest BCUT2D eigenvalue weighted by molar-refractivity contribution is 5.95. The first-order chi connectivity index (χ1) is 12.2. The Morgan fingerprint density at radius 3 is 2.72 bits per heavy atom. The molecular weight excluding hydrogens is 318 g/mol. The number of benzene rings is 1. The van der Waals surface area contributed by atoms with Gasteiger partial charge in [-0.05, 0) is 50.1 Å². The van der Waals surface area contributed by atoms with Crippen LogP contribution in [-0.4, -0.2) is 55.7 Å². The smallest absolute Gasteiger partial charge is 0.414 e. The minimum atomic E-state index is -0.329. The maximum absolute atomic E-state index is 12.3. The highest BCUT2D eigenvalue weighted by Gasteiger charge is 2.23. The van der Waals surface area contributed by atoms with Crippen molar-refractivity contribution in [3.63, 3.8) is 0 Å². The first-order valence-corrected chi connectivity index (χ1v) is 9.25. The van der Waals surface area contributed by atoms with Crippen molar-refractivity contribution in [3.05, 3.63) is 29.8 Å². The molecule has 3 rings (SSSR count). The molecule has 1 N–H and O–H groups in total. The molecule has 2 aliphatic rings. The average molecular weight is 345 g/mol. The second-order valence-electron chi connectivity index (χ2n) is 6.66. The van der Waals surface area contributed by atoms with Gasteiger partial charge >= 0.3 is 6.09 Å². The van der Waals surface area contributed by atoms with Gasteiger partial charge in [-0.1, -0.05) is 13.3 Å². The van der Waals surface area contributed by atoms with E-state index in [0.717, 1.165) is 18.8 Å². The number of anilines is 1. The molecule has 136 valence electrons. The molecule has 6 heteroatoms. The predicted octanol–water partition coefficient (Wildman–Crippen LogP) is 2.64. The van der Waals surface area contributed by atoms with E-state index in [0.29, 0.717) is 31.3 Å². The zero-order valence-corrected chi connectivity index (χ0v) is 14.9. The van der Waals surface area contributed by atoms with Gasteiger partial charge in [0.15, 0.2) is 0 Å². The first-order valence-electron chi connectivity index (χ1n) is 9.25. The van der Waals surface area contributed by atoms with Crippen molar-refractivity contribution >= 4 is 17.7 Å². The van der Waals surface area contributed by atoms with Gasteiger partial charge in [0.25, 0.3) is 5.91 Å². The molecule has 2 heterocycles. The Labute approximate surface area is 149 Å². The zero-order valence-electron chi connectivity index (χ0n) is 14.9. The lowest BCUT2D eigenvalue weighted by Crippen LogP contribution is -2.43. The number of piperidine rings is 1. The van der Waals surface area contributed by atoms with Gasteiger partial charge in [-0.15, -0.1) is 0 Å². The number of nitrogens with one attached hydrogen (secondary N) is 1. The van der Waals surface area contributed by atoms with Crippen LogP contribution < -0.4 is 10.2 Å². The highest BCUT2D eigenvalue weighted by Crippen LogP contribution is 2.20. The summed E-state index contributed by atoms with van der Waals surface area (Å²) in [4.78, 5) is 27.9. The van der Waals surface area contributed by atoms with Crippen LogP contribution >= 0.6 is 0 Å². The maximum Gasteiger partial charge on any atom is 0.414 e. The van der Waals surface area contributed by atoms with Gasteiger partial charge in [-0.3, -0.25) is 14.6 Å². The fourth-order valence-electron chi connectivity index (χ4n) is 3.65. The van der Waals surface area contributed by atoms with Crippen molar-refractivity contribution in [1.29, 1.82) is 0 Å². The third kappa shape index (κ3) is 4.31. The van der Waals surface area contributed by atoms with Gasteiger partial charge in [-0.2, -0.15) is 0 Å². The van der Waals surface area contributed by atoms with Gasteiger partial charge < -0.3 is 10.1 Å². The molecule has 6 nitrogen and oxygen atoms in total. The number of carbonyl (C=O) groups excluding carboxylic acids is 2. The van der Waals surface area contributed by atoms with Crippen LogP contribution in [0.2, 0.25) is 0 Å². The molecule has 1 unspecified atom stereocenters. The number of hydrogen-bond acceptors (Lipinski definition) is 4. The van der Waals surface area contributed by atoms with Crippen molar-refractivity contribution in [2.45, 2.75) is 38.6 Å². The Bertz CT molecular complexity index is 602. The van der Waals surface area contributed by atoms with E-state index in [1.165, 1.54) is 25.7 Å². The Hall–Kier alpha value is -2.08. The first kappa shape index (κ1) is 17.7. The van der Waals surface area contributed by atoms with Gasteiger partial charge in [-0.25, -0.2) is 4.79 Å². The number of amides is 2. The lowest BCUT2D eigenvalue weighted by molar-refractivity contribution is 0.0934. The molecule has 0 bridgehead atoms. The molecule has 1 aromatic carbocycles. The summed E-state index contributed by atoms with van der Waals surface area (Å²) in [6.07, 6.45) is 4.69. The normalized spacial score (nSPS) is 21.2. The summed E-state index contributed by atoms with van der Waals surface area (Å²) in [6, 6.07) is 7.75.